The topological polar surface area (TPSA) is 29.9 Å². The average Bonchev–Trinajstić information content (AvgIpc) is 2.66. The van der Waals surface area contributed by atoms with Gasteiger partial charge in [0.25, 0.3) is 0 Å². The summed E-state index contributed by atoms with van der Waals surface area (Å²) in [7, 11) is 1.99. The van der Waals surface area contributed by atoms with Crippen molar-refractivity contribution < 1.29 is 0 Å². The molecule has 1 fully saturated rings. The largest absolute Gasteiger partial charge is 0.314 e. The van der Waals surface area contributed by atoms with Crippen molar-refractivity contribution in [1.29, 1.82) is 0 Å². The summed E-state index contributed by atoms with van der Waals surface area (Å²) < 4.78 is 1.91. The monoisotopic (exact) mass is 207 g/mol. The van der Waals surface area contributed by atoms with Crippen LogP contribution >= 0.6 is 0 Å². The lowest BCUT2D eigenvalue weighted by Crippen LogP contribution is -2.36. The highest BCUT2D eigenvalue weighted by Crippen LogP contribution is 2.32. The van der Waals surface area contributed by atoms with Gasteiger partial charge in [-0.2, -0.15) is 5.10 Å². The van der Waals surface area contributed by atoms with E-state index in [0.29, 0.717) is 12.0 Å². The third-order valence-electron chi connectivity index (χ3n) is 3.39. The Labute approximate surface area is 91.9 Å². The van der Waals surface area contributed by atoms with Gasteiger partial charge in [-0.1, -0.05) is 19.8 Å². The van der Waals surface area contributed by atoms with Gasteiger partial charge >= 0.3 is 0 Å². The van der Waals surface area contributed by atoms with Crippen molar-refractivity contribution in [2.24, 2.45) is 7.05 Å². The van der Waals surface area contributed by atoms with Crippen molar-refractivity contribution in [3.05, 3.63) is 18.0 Å². The first-order valence-corrected chi connectivity index (χ1v) is 6.03. The van der Waals surface area contributed by atoms with Crippen LogP contribution in [-0.4, -0.2) is 22.4 Å². The minimum absolute atomic E-state index is 0.660. The van der Waals surface area contributed by atoms with Crippen LogP contribution in [0.3, 0.4) is 0 Å². The zero-order chi connectivity index (χ0) is 10.7. The van der Waals surface area contributed by atoms with E-state index in [0.717, 1.165) is 6.54 Å². The summed E-state index contributed by atoms with van der Waals surface area (Å²) >= 11 is 0. The van der Waals surface area contributed by atoms with Gasteiger partial charge in [0.1, 0.15) is 0 Å². The number of hydrogen-bond acceptors (Lipinski definition) is 2. The molecule has 1 saturated carbocycles. The molecule has 1 aromatic heterocycles. The summed E-state index contributed by atoms with van der Waals surface area (Å²) in [6, 6.07) is 0.660. The number of likely N-dealkylation sites (N-methyl/N-ethyl adjacent to an activating group) is 1. The van der Waals surface area contributed by atoms with E-state index in [4.69, 9.17) is 0 Å². The first-order valence-electron chi connectivity index (χ1n) is 6.03. The highest BCUT2D eigenvalue weighted by Gasteiger charge is 2.26. The van der Waals surface area contributed by atoms with Gasteiger partial charge in [0.05, 0.1) is 6.20 Å². The fourth-order valence-electron chi connectivity index (χ4n) is 2.67. The molecule has 2 unspecified atom stereocenters. The lowest BCUT2D eigenvalue weighted by molar-refractivity contribution is 0.332. The lowest BCUT2D eigenvalue weighted by Gasteiger charge is -2.31. The van der Waals surface area contributed by atoms with Gasteiger partial charge in [0, 0.05) is 25.2 Å². The molecule has 1 aromatic rings. The second-order valence-corrected chi connectivity index (χ2v) is 4.50. The molecule has 3 heteroatoms. The van der Waals surface area contributed by atoms with Gasteiger partial charge in [-0.3, -0.25) is 4.68 Å². The molecular formula is C12H21N3. The van der Waals surface area contributed by atoms with E-state index in [-0.39, 0.29) is 0 Å². The number of aromatic nitrogens is 2. The summed E-state index contributed by atoms with van der Waals surface area (Å²) in [6.45, 7) is 3.26. The molecule has 1 aliphatic carbocycles. The molecule has 2 rings (SSSR count). The zero-order valence-electron chi connectivity index (χ0n) is 9.74. The third kappa shape index (κ3) is 2.40. The predicted octanol–water partition coefficient (Wildman–Crippen LogP) is 2.06. The van der Waals surface area contributed by atoms with E-state index in [9.17, 15) is 0 Å². The molecular weight excluding hydrogens is 186 g/mol. The van der Waals surface area contributed by atoms with Crippen molar-refractivity contribution in [3.63, 3.8) is 0 Å². The standard InChI is InChI=1S/C12H21N3/c1-3-13-12-7-5-4-6-11(12)10-8-14-15(2)9-10/h8-9,11-13H,3-7H2,1-2H3. The number of nitrogens with zero attached hydrogens (tertiary/aromatic N) is 2. The average molecular weight is 207 g/mol. The fourth-order valence-corrected chi connectivity index (χ4v) is 2.67. The Morgan fingerprint density at radius 3 is 2.93 bits per heavy atom. The Balaban J connectivity index is 2.10. The first kappa shape index (κ1) is 10.7. The highest BCUT2D eigenvalue weighted by molar-refractivity contribution is 5.15. The molecule has 1 heterocycles. The third-order valence-corrected chi connectivity index (χ3v) is 3.39. The van der Waals surface area contributed by atoms with Crippen molar-refractivity contribution in [1.82, 2.24) is 15.1 Å². The van der Waals surface area contributed by atoms with Crippen LogP contribution in [0.15, 0.2) is 12.4 Å². The first-order chi connectivity index (χ1) is 7.31. The van der Waals surface area contributed by atoms with Crippen LogP contribution in [0, 0.1) is 0 Å². The molecule has 0 spiro atoms. The molecule has 15 heavy (non-hydrogen) atoms. The second kappa shape index (κ2) is 4.79. The van der Waals surface area contributed by atoms with E-state index in [1.807, 2.05) is 17.9 Å². The number of aryl methyl sites for hydroxylation is 1. The fraction of sp³-hybridized carbons (Fsp3) is 0.750. The molecule has 0 radical (unpaired) electrons. The molecule has 3 nitrogen and oxygen atoms in total. The van der Waals surface area contributed by atoms with Crippen LogP contribution in [0.2, 0.25) is 0 Å². The van der Waals surface area contributed by atoms with E-state index < -0.39 is 0 Å². The Bertz CT molecular complexity index is 304. The molecule has 2 atom stereocenters. The number of nitrogens with one attached hydrogen (secondary N) is 1. The molecule has 0 aromatic carbocycles. The Kier molecular flexibility index (Phi) is 3.41. The molecule has 0 bridgehead atoms. The van der Waals surface area contributed by atoms with E-state index in [1.165, 1.54) is 31.2 Å². The van der Waals surface area contributed by atoms with Crippen LogP contribution in [0.25, 0.3) is 0 Å². The quantitative estimate of drug-likeness (QED) is 0.822. The van der Waals surface area contributed by atoms with Gasteiger partial charge in [0.15, 0.2) is 0 Å². The predicted molar refractivity (Wildman–Crippen MR) is 61.9 cm³/mol. The maximum atomic E-state index is 4.28. The number of hydrogen-bond donors (Lipinski definition) is 1. The molecule has 0 aliphatic heterocycles. The van der Waals surface area contributed by atoms with Gasteiger partial charge in [-0.05, 0) is 24.9 Å². The minimum atomic E-state index is 0.660. The maximum absolute atomic E-state index is 4.28. The smallest absolute Gasteiger partial charge is 0.0525 e. The molecule has 84 valence electrons. The van der Waals surface area contributed by atoms with Crippen LogP contribution < -0.4 is 5.32 Å². The normalized spacial score (nSPS) is 26.8. The van der Waals surface area contributed by atoms with Crippen LogP contribution in [-0.2, 0) is 7.05 Å². The van der Waals surface area contributed by atoms with Crippen molar-refractivity contribution in [2.45, 2.75) is 44.6 Å². The van der Waals surface area contributed by atoms with E-state index >= 15 is 0 Å². The Morgan fingerprint density at radius 2 is 2.27 bits per heavy atom. The van der Waals surface area contributed by atoms with Gasteiger partial charge < -0.3 is 5.32 Å². The molecule has 0 saturated heterocycles. The van der Waals surface area contributed by atoms with Gasteiger partial charge in [0.2, 0.25) is 0 Å². The van der Waals surface area contributed by atoms with Gasteiger partial charge in [-0.25, -0.2) is 0 Å². The van der Waals surface area contributed by atoms with Crippen molar-refractivity contribution in [2.75, 3.05) is 6.54 Å². The highest BCUT2D eigenvalue weighted by atomic mass is 15.2. The van der Waals surface area contributed by atoms with Crippen molar-refractivity contribution in [3.8, 4) is 0 Å². The Hall–Kier alpha value is -0.830. The van der Waals surface area contributed by atoms with Crippen molar-refractivity contribution >= 4 is 0 Å². The SMILES string of the molecule is CCNC1CCCCC1c1cnn(C)c1. The summed E-state index contributed by atoms with van der Waals surface area (Å²) in [5.41, 5.74) is 1.41. The van der Waals surface area contributed by atoms with Crippen LogP contribution in [0.5, 0.6) is 0 Å². The van der Waals surface area contributed by atoms with Crippen LogP contribution in [0.4, 0.5) is 0 Å². The minimum Gasteiger partial charge on any atom is -0.314 e. The van der Waals surface area contributed by atoms with E-state index in [1.54, 1.807) is 0 Å². The zero-order valence-corrected chi connectivity index (χ0v) is 9.74. The second-order valence-electron chi connectivity index (χ2n) is 4.50. The van der Waals surface area contributed by atoms with Gasteiger partial charge in [-0.15, -0.1) is 0 Å². The molecule has 1 N–H and O–H groups in total. The van der Waals surface area contributed by atoms with E-state index in [2.05, 4.69) is 23.5 Å². The molecule has 1 aliphatic rings. The summed E-state index contributed by atoms with van der Waals surface area (Å²) in [5, 5.41) is 7.88. The summed E-state index contributed by atoms with van der Waals surface area (Å²) in [5.74, 6) is 0.674. The summed E-state index contributed by atoms with van der Waals surface area (Å²) in [4.78, 5) is 0. The number of rotatable bonds is 3. The lowest BCUT2D eigenvalue weighted by atomic mass is 9.81. The van der Waals surface area contributed by atoms with Crippen LogP contribution in [0.1, 0.15) is 44.1 Å². The Morgan fingerprint density at radius 1 is 1.47 bits per heavy atom. The molecule has 0 amide bonds. The summed E-state index contributed by atoms with van der Waals surface area (Å²) in [6.07, 6.45) is 9.55. The maximum Gasteiger partial charge on any atom is 0.0525 e.